The molecule has 1 heterocycles. The molecule has 1 saturated heterocycles. The van der Waals surface area contributed by atoms with Gasteiger partial charge in [0.25, 0.3) is 0 Å². The van der Waals surface area contributed by atoms with Crippen LogP contribution in [0, 0.1) is 19.8 Å². The second kappa shape index (κ2) is 5.47. The fourth-order valence-electron chi connectivity index (χ4n) is 3.84. The van der Waals surface area contributed by atoms with Gasteiger partial charge in [0, 0.05) is 12.6 Å². The number of rotatable bonds is 3. The van der Waals surface area contributed by atoms with E-state index in [0.29, 0.717) is 5.92 Å². The molecule has 2 unspecified atom stereocenters. The van der Waals surface area contributed by atoms with Gasteiger partial charge in [-0.2, -0.15) is 0 Å². The van der Waals surface area contributed by atoms with Crippen LogP contribution in [-0.4, -0.2) is 12.2 Å². The van der Waals surface area contributed by atoms with Crippen molar-refractivity contribution in [2.24, 2.45) is 11.8 Å². The maximum absolute atomic E-state index is 6.05. The fourth-order valence-corrected chi connectivity index (χ4v) is 3.84. The minimum Gasteiger partial charge on any atom is -0.375 e. The van der Waals surface area contributed by atoms with E-state index in [4.69, 9.17) is 10.6 Å². The summed E-state index contributed by atoms with van der Waals surface area (Å²) in [6.45, 7) is 5.21. The lowest BCUT2D eigenvalue weighted by atomic mass is 9.69. The summed E-state index contributed by atoms with van der Waals surface area (Å²) in [6, 6.07) is 6.90. The van der Waals surface area contributed by atoms with Crippen LogP contribution < -0.4 is 11.3 Å². The number of benzene rings is 1. The summed E-state index contributed by atoms with van der Waals surface area (Å²) in [7, 11) is 0. The standard InChI is InChI=1S/C17H26N2O/c1-12-4-5-13(2)15(10-12)16(19-18)14-6-9-20-17(11-14)7-3-8-17/h4-5,10,14,16,19H,3,6-9,11,18H2,1-2H3. The number of nitrogens with one attached hydrogen (secondary N) is 1. The van der Waals surface area contributed by atoms with Gasteiger partial charge in [0.15, 0.2) is 0 Å². The highest BCUT2D eigenvalue weighted by Crippen LogP contribution is 2.47. The molecule has 1 aliphatic carbocycles. The summed E-state index contributed by atoms with van der Waals surface area (Å²) in [5.74, 6) is 6.49. The molecule has 1 aliphatic heterocycles. The first kappa shape index (κ1) is 14.1. The average Bonchev–Trinajstić information content (AvgIpc) is 2.42. The molecule has 1 aromatic rings. The smallest absolute Gasteiger partial charge is 0.0686 e. The quantitative estimate of drug-likeness (QED) is 0.657. The monoisotopic (exact) mass is 274 g/mol. The zero-order chi connectivity index (χ0) is 14.2. The van der Waals surface area contributed by atoms with E-state index in [2.05, 4.69) is 37.5 Å². The topological polar surface area (TPSA) is 47.3 Å². The first-order chi connectivity index (χ1) is 9.63. The first-order valence-corrected chi connectivity index (χ1v) is 7.81. The van der Waals surface area contributed by atoms with Crippen LogP contribution in [0.25, 0.3) is 0 Å². The van der Waals surface area contributed by atoms with Gasteiger partial charge in [0.1, 0.15) is 0 Å². The molecule has 0 aromatic heterocycles. The fraction of sp³-hybridized carbons (Fsp3) is 0.647. The molecule has 0 radical (unpaired) electrons. The number of ether oxygens (including phenoxy) is 1. The van der Waals surface area contributed by atoms with Crippen LogP contribution in [-0.2, 0) is 4.74 Å². The van der Waals surface area contributed by atoms with Crippen molar-refractivity contribution in [3.8, 4) is 0 Å². The first-order valence-electron chi connectivity index (χ1n) is 7.81. The van der Waals surface area contributed by atoms with E-state index in [-0.39, 0.29) is 11.6 Å². The highest BCUT2D eigenvalue weighted by molar-refractivity contribution is 5.33. The van der Waals surface area contributed by atoms with Crippen molar-refractivity contribution in [1.29, 1.82) is 0 Å². The van der Waals surface area contributed by atoms with Crippen molar-refractivity contribution in [1.82, 2.24) is 5.43 Å². The summed E-state index contributed by atoms with van der Waals surface area (Å²) in [5.41, 5.74) is 7.25. The molecule has 1 spiro atoms. The molecule has 1 aromatic carbocycles. The van der Waals surface area contributed by atoms with E-state index in [9.17, 15) is 0 Å². The molecule has 0 bridgehead atoms. The lowest BCUT2D eigenvalue weighted by molar-refractivity contribution is -0.147. The summed E-state index contributed by atoms with van der Waals surface area (Å²) in [6.07, 6.45) is 6.03. The van der Waals surface area contributed by atoms with E-state index >= 15 is 0 Å². The molecule has 3 heteroatoms. The molecule has 2 atom stereocenters. The molecule has 20 heavy (non-hydrogen) atoms. The number of hydrazine groups is 1. The third-order valence-corrected chi connectivity index (χ3v) is 5.22. The molecule has 0 amide bonds. The second-order valence-corrected chi connectivity index (χ2v) is 6.64. The summed E-state index contributed by atoms with van der Waals surface area (Å²) in [5, 5.41) is 0. The molecule has 3 rings (SSSR count). The van der Waals surface area contributed by atoms with Gasteiger partial charge in [0.2, 0.25) is 0 Å². The van der Waals surface area contributed by atoms with Gasteiger partial charge in [-0.05, 0) is 63.0 Å². The summed E-state index contributed by atoms with van der Waals surface area (Å²) >= 11 is 0. The van der Waals surface area contributed by atoms with E-state index < -0.39 is 0 Å². The van der Waals surface area contributed by atoms with Crippen molar-refractivity contribution in [3.05, 3.63) is 34.9 Å². The highest BCUT2D eigenvalue weighted by Gasteiger charge is 2.44. The number of hydrogen-bond acceptors (Lipinski definition) is 3. The van der Waals surface area contributed by atoms with Crippen molar-refractivity contribution in [3.63, 3.8) is 0 Å². The summed E-state index contributed by atoms with van der Waals surface area (Å²) in [4.78, 5) is 0. The van der Waals surface area contributed by atoms with Gasteiger partial charge < -0.3 is 4.74 Å². The van der Waals surface area contributed by atoms with Crippen molar-refractivity contribution < 1.29 is 4.74 Å². The van der Waals surface area contributed by atoms with Crippen LogP contribution in [0.4, 0.5) is 0 Å². The second-order valence-electron chi connectivity index (χ2n) is 6.64. The molecule has 3 nitrogen and oxygen atoms in total. The Labute approximate surface area is 121 Å². The predicted octanol–water partition coefficient (Wildman–Crippen LogP) is 3.16. The van der Waals surface area contributed by atoms with Crippen LogP contribution in [0.2, 0.25) is 0 Å². The Morgan fingerprint density at radius 3 is 2.80 bits per heavy atom. The Kier molecular flexibility index (Phi) is 3.85. The maximum atomic E-state index is 6.05. The van der Waals surface area contributed by atoms with E-state index in [1.54, 1.807) is 0 Å². The third-order valence-electron chi connectivity index (χ3n) is 5.22. The van der Waals surface area contributed by atoms with E-state index in [1.807, 2.05) is 0 Å². The highest BCUT2D eigenvalue weighted by atomic mass is 16.5. The SMILES string of the molecule is Cc1ccc(C)c(C(NN)C2CCOC3(CCC3)C2)c1. The Morgan fingerprint density at radius 1 is 1.35 bits per heavy atom. The third kappa shape index (κ3) is 2.50. The zero-order valence-electron chi connectivity index (χ0n) is 12.6. The van der Waals surface area contributed by atoms with Gasteiger partial charge in [0.05, 0.1) is 5.60 Å². The van der Waals surface area contributed by atoms with Gasteiger partial charge in [-0.15, -0.1) is 0 Å². The zero-order valence-corrected chi connectivity index (χ0v) is 12.6. The Morgan fingerprint density at radius 2 is 2.15 bits per heavy atom. The van der Waals surface area contributed by atoms with Crippen molar-refractivity contribution in [2.45, 2.75) is 57.6 Å². The minimum atomic E-state index is 0.176. The number of aryl methyl sites for hydroxylation is 2. The average molecular weight is 274 g/mol. The normalized spacial score (nSPS) is 26.2. The Bertz CT molecular complexity index is 482. The van der Waals surface area contributed by atoms with Crippen LogP contribution in [0.3, 0.4) is 0 Å². The molecular formula is C17H26N2O. The van der Waals surface area contributed by atoms with Gasteiger partial charge in [-0.25, -0.2) is 0 Å². The largest absolute Gasteiger partial charge is 0.375 e. The van der Waals surface area contributed by atoms with Gasteiger partial charge in [-0.3, -0.25) is 11.3 Å². The lowest BCUT2D eigenvalue weighted by Gasteiger charge is -2.48. The van der Waals surface area contributed by atoms with Crippen molar-refractivity contribution >= 4 is 0 Å². The van der Waals surface area contributed by atoms with Crippen LogP contribution in [0.15, 0.2) is 18.2 Å². The maximum Gasteiger partial charge on any atom is 0.0686 e. The number of hydrogen-bond donors (Lipinski definition) is 2. The Balaban J connectivity index is 1.83. The van der Waals surface area contributed by atoms with Crippen LogP contribution >= 0.6 is 0 Å². The number of nitrogens with two attached hydrogens (primary N) is 1. The molecule has 1 saturated carbocycles. The Hall–Kier alpha value is -0.900. The molecule has 2 fully saturated rings. The molecule has 3 N–H and O–H groups in total. The molecule has 2 aliphatic rings. The van der Waals surface area contributed by atoms with Gasteiger partial charge >= 0.3 is 0 Å². The molecular weight excluding hydrogens is 248 g/mol. The van der Waals surface area contributed by atoms with Crippen LogP contribution in [0.5, 0.6) is 0 Å². The van der Waals surface area contributed by atoms with Crippen molar-refractivity contribution in [2.75, 3.05) is 6.61 Å². The minimum absolute atomic E-state index is 0.176. The molecule has 110 valence electrons. The van der Waals surface area contributed by atoms with E-state index in [1.165, 1.54) is 36.0 Å². The van der Waals surface area contributed by atoms with E-state index in [0.717, 1.165) is 19.4 Å². The lowest BCUT2D eigenvalue weighted by Crippen LogP contribution is -2.48. The van der Waals surface area contributed by atoms with Gasteiger partial charge in [-0.1, -0.05) is 23.8 Å². The summed E-state index contributed by atoms with van der Waals surface area (Å²) < 4.78 is 6.05. The van der Waals surface area contributed by atoms with Crippen LogP contribution in [0.1, 0.15) is 54.8 Å². The predicted molar refractivity (Wildman–Crippen MR) is 81.2 cm³/mol.